The van der Waals surface area contributed by atoms with E-state index in [0.717, 1.165) is 5.56 Å². The second kappa shape index (κ2) is 6.61. The van der Waals surface area contributed by atoms with Gasteiger partial charge in [0.05, 0.1) is 14.2 Å². The van der Waals surface area contributed by atoms with Crippen LogP contribution in [0.15, 0.2) is 48.5 Å². The minimum Gasteiger partial charge on any atom is -0.496 e. The van der Waals surface area contributed by atoms with Gasteiger partial charge in [-0.2, -0.15) is 0 Å². The minimum atomic E-state index is -0.434. The van der Waals surface area contributed by atoms with Crippen molar-refractivity contribution in [2.45, 2.75) is 6.61 Å². The highest BCUT2D eigenvalue weighted by Gasteiger charge is 2.13. The van der Waals surface area contributed by atoms with Crippen molar-refractivity contribution in [2.24, 2.45) is 0 Å². The van der Waals surface area contributed by atoms with Gasteiger partial charge in [-0.15, -0.1) is 0 Å². The third-order valence-electron chi connectivity index (χ3n) is 2.83. The summed E-state index contributed by atoms with van der Waals surface area (Å²) in [7, 11) is 2.84. The Labute approximate surface area is 117 Å². The van der Waals surface area contributed by atoms with E-state index >= 15 is 0 Å². The van der Waals surface area contributed by atoms with E-state index in [0.29, 0.717) is 23.7 Å². The Morgan fingerprint density at radius 1 is 1.05 bits per heavy atom. The number of hydrogen-bond acceptors (Lipinski definition) is 4. The molecule has 0 amide bonds. The second-order valence-corrected chi connectivity index (χ2v) is 4.13. The fourth-order valence-electron chi connectivity index (χ4n) is 1.78. The van der Waals surface area contributed by atoms with E-state index < -0.39 is 5.97 Å². The molecule has 4 heteroatoms. The smallest absolute Gasteiger partial charge is 0.341 e. The lowest BCUT2D eigenvalue weighted by Gasteiger charge is -2.10. The van der Waals surface area contributed by atoms with Crippen molar-refractivity contribution in [3.63, 3.8) is 0 Å². The molecule has 0 aromatic heterocycles. The van der Waals surface area contributed by atoms with E-state index in [4.69, 9.17) is 9.47 Å². The number of carbonyl (C=O) groups is 1. The fraction of sp³-hybridized carbons (Fsp3) is 0.188. The predicted molar refractivity (Wildman–Crippen MR) is 75.1 cm³/mol. The second-order valence-electron chi connectivity index (χ2n) is 4.13. The van der Waals surface area contributed by atoms with Crippen LogP contribution in [0.2, 0.25) is 0 Å². The SMILES string of the molecule is COC(=O)c1ccc(OCc2ccccc2)cc1OC. The molecule has 0 atom stereocenters. The van der Waals surface area contributed by atoms with E-state index in [9.17, 15) is 4.79 Å². The summed E-state index contributed by atoms with van der Waals surface area (Å²) in [5.74, 6) is 0.636. The normalized spacial score (nSPS) is 9.90. The van der Waals surface area contributed by atoms with Gasteiger partial charge in [-0.05, 0) is 17.7 Å². The highest BCUT2D eigenvalue weighted by molar-refractivity contribution is 5.92. The maximum Gasteiger partial charge on any atom is 0.341 e. The topological polar surface area (TPSA) is 44.8 Å². The molecule has 0 N–H and O–H groups in total. The third-order valence-corrected chi connectivity index (χ3v) is 2.83. The van der Waals surface area contributed by atoms with E-state index in [2.05, 4.69) is 4.74 Å². The summed E-state index contributed by atoms with van der Waals surface area (Å²) in [6.07, 6.45) is 0. The molecule has 0 saturated heterocycles. The molecule has 20 heavy (non-hydrogen) atoms. The van der Waals surface area contributed by atoms with Gasteiger partial charge in [-0.1, -0.05) is 30.3 Å². The average Bonchev–Trinajstić information content (AvgIpc) is 2.52. The van der Waals surface area contributed by atoms with Crippen LogP contribution in [0.1, 0.15) is 15.9 Å². The van der Waals surface area contributed by atoms with Crippen molar-refractivity contribution in [1.29, 1.82) is 0 Å². The van der Waals surface area contributed by atoms with Crippen LogP contribution in [-0.4, -0.2) is 20.2 Å². The standard InChI is InChI=1S/C16H16O4/c1-18-15-10-13(8-9-14(15)16(17)19-2)20-11-12-6-4-3-5-7-12/h3-10H,11H2,1-2H3. The van der Waals surface area contributed by atoms with Crippen LogP contribution in [0.3, 0.4) is 0 Å². The summed E-state index contributed by atoms with van der Waals surface area (Å²) < 4.78 is 15.5. The van der Waals surface area contributed by atoms with Crippen molar-refractivity contribution >= 4 is 5.97 Å². The Morgan fingerprint density at radius 2 is 1.80 bits per heavy atom. The quantitative estimate of drug-likeness (QED) is 0.785. The molecule has 0 radical (unpaired) electrons. The van der Waals surface area contributed by atoms with Crippen LogP contribution in [0.4, 0.5) is 0 Å². The lowest BCUT2D eigenvalue weighted by molar-refractivity contribution is 0.0597. The first-order valence-corrected chi connectivity index (χ1v) is 6.17. The molecule has 104 valence electrons. The van der Waals surface area contributed by atoms with Gasteiger partial charge in [0.25, 0.3) is 0 Å². The van der Waals surface area contributed by atoms with Crippen LogP contribution in [-0.2, 0) is 11.3 Å². The molecule has 0 unspecified atom stereocenters. The van der Waals surface area contributed by atoms with Crippen LogP contribution >= 0.6 is 0 Å². The first-order valence-electron chi connectivity index (χ1n) is 6.17. The lowest BCUT2D eigenvalue weighted by Crippen LogP contribution is -2.04. The zero-order valence-electron chi connectivity index (χ0n) is 11.5. The zero-order chi connectivity index (χ0) is 14.4. The first kappa shape index (κ1) is 13.9. The molecule has 0 aliphatic rings. The molecule has 2 aromatic carbocycles. The molecule has 0 spiro atoms. The molecule has 2 rings (SSSR count). The summed E-state index contributed by atoms with van der Waals surface area (Å²) in [4.78, 5) is 11.5. The molecule has 0 aliphatic carbocycles. The maximum absolute atomic E-state index is 11.5. The molecule has 0 heterocycles. The number of rotatable bonds is 5. The van der Waals surface area contributed by atoms with Crippen molar-refractivity contribution in [3.05, 3.63) is 59.7 Å². The Kier molecular flexibility index (Phi) is 4.60. The highest BCUT2D eigenvalue weighted by Crippen LogP contribution is 2.25. The molecular weight excluding hydrogens is 256 g/mol. The number of ether oxygens (including phenoxy) is 3. The van der Waals surface area contributed by atoms with Crippen molar-refractivity contribution in [2.75, 3.05) is 14.2 Å². The molecule has 0 saturated carbocycles. The Hall–Kier alpha value is -2.49. The number of benzene rings is 2. The predicted octanol–water partition coefficient (Wildman–Crippen LogP) is 3.06. The van der Waals surface area contributed by atoms with Gasteiger partial charge in [0.15, 0.2) is 0 Å². The number of carbonyl (C=O) groups excluding carboxylic acids is 1. The number of hydrogen-bond donors (Lipinski definition) is 0. The Bertz CT molecular complexity index is 578. The summed E-state index contributed by atoms with van der Waals surface area (Å²) in [6, 6.07) is 14.9. The molecule has 2 aromatic rings. The molecule has 0 aliphatic heterocycles. The van der Waals surface area contributed by atoms with Gasteiger partial charge in [0, 0.05) is 6.07 Å². The Morgan fingerprint density at radius 3 is 2.45 bits per heavy atom. The fourth-order valence-corrected chi connectivity index (χ4v) is 1.78. The molecule has 0 fully saturated rings. The van der Waals surface area contributed by atoms with Crippen LogP contribution in [0.5, 0.6) is 11.5 Å². The van der Waals surface area contributed by atoms with Crippen LogP contribution in [0, 0.1) is 0 Å². The Balaban J connectivity index is 2.12. The third kappa shape index (κ3) is 3.29. The van der Waals surface area contributed by atoms with E-state index in [1.807, 2.05) is 30.3 Å². The lowest BCUT2D eigenvalue weighted by atomic mass is 10.2. The van der Waals surface area contributed by atoms with Gasteiger partial charge in [-0.3, -0.25) is 0 Å². The monoisotopic (exact) mass is 272 g/mol. The highest BCUT2D eigenvalue weighted by atomic mass is 16.5. The first-order chi connectivity index (χ1) is 9.74. The van der Waals surface area contributed by atoms with Gasteiger partial charge in [0.1, 0.15) is 23.7 Å². The number of esters is 1. The van der Waals surface area contributed by atoms with Crippen molar-refractivity contribution in [1.82, 2.24) is 0 Å². The largest absolute Gasteiger partial charge is 0.496 e. The van der Waals surface area contributed by atoms with Gasteiger partial charge in [0.2, 0.25) is 0 Å². The summed E-state index contributed by atoms with van der Waals surface area (Å²) >= 11 is 0. The van der Waals surface area contributed by atoms with Crippen molar-refractivity contribution in [3.8, 4) is 11.5 Å². The zero-order valence-corrected chi connectivity index (χ0v) is 11.5. The van der Waals surface area contributed by atoms with Gasteiger partial charge in [-0.25, -0.2) is 4.79 Å². The molecule has 0 bridgehead atoms. The van der Waals surface area contributed by atoms with Crippen LogP contribution in [0.25, 0.3) is 0 Å². The van der Waals surface area contributed by atoms with Crippen molar-refractivity contribution < 1.29 is 19.0 Å². The van der Waals surface area contributed by atoms with E-state index in [1.54, 1.807) is 18.2 Å². The summed E-state index contributed by atoms with van der Waals surface area (Å²) in [6.45, 7) is 0.460. The number of methoxy groups -OCH3 is 2. The van der Waals surface area contributed by atoms with E-state index in [1.165, 1.54) is 14.2 Å². The minimum absolute atomic E-state index is 0.377. The molecular formula is C16H16O4. The molecule has 4 nitrogen and oxygen atoms in total. The van der Waals surface area contributed by atoms with Crippen LogP contribution < -0.4 is 9.47 Å². The maximum atomic E-state index is 11.5. The van der Waals surface area contributed by atoms with Gasteiger partial charge >= 0.3 is 5.97 Å². The summed E-state index contributed by atoms with van der Waals surface area (Å²) in [5, 5.41) is 0. The summed E-state index contributed by atoms with van der Waals surface area (Å²) in [5.41, 5.74) is 1.45. The van der Waals surface area contributed by atoms with E-state index in [-0.39, 0.29) is 0 Å². The average molecular weight is 272 g/mol. The van der Waals surface area contributed by atoms with Gasteiger partial charge < -0.3 is 14.2 Å².